The number of halogens is 1. The third-order valence-corrected chi connectivity index (χ3v) is 5.79. The van der Waals surface area contributed by atoms with Gasteiger partial charge in [0.1, 0.15) is 35.0 Å². The molecule has 2 atom stereocenters. The molecule has 2 aromatic heterocycles. The molecule has 2 N–H and O–H groups in total. The van der Waals surface area contributed by atoms with Crippen molar-refractivity contribution in [3.63, 3.8) is 0 Å². The molecule has 28 heavy (non-hydrogen) atoms. The lowest BCUT2D eigenvalue weighted by molar-refractivity contribution is 0.336. The Balaban J connectivity index is 2.31. The molecule has 0 spiro atoms. The monoisotopic (exact) mass is 415 g/mol. The first-order valence-electron chi connectivity index (χ1n) is 8.62. The fraction of sp³-hybridized carbons (Fsp3) is 0.263. The number of ether oxygens (including phenoxy) is 1. The minimum absolute atomic E-state index is 0.134. The van der Waals surface area contributed by atoms with Gasteiger partial charge in [-0.2, -0.15) is 5.26 Å². The van der Waals surface area contributed by atoms with Crippen LogP contribution in [0.5, 0.6) is 5.75 Å². The van der Waals surface area contributed by atoms with Crippen LogP contribution in [0.2, 0.25) is 5.02 Å². The van der Waals surface area contributed by atoms with Gasteiger partial charge in [0, 0.05) is 23.1 Å². The van der Waals surface area contributed by atoms with Gasteiger partial charge in [-0.3, -0.25) is 4.79 Å². The first-order chi connectivity index (χ1) is 13.4. The molecule has 0 aliphatic heterocycles. The Morgan fingerprint density at radius 3 is 2.86 bits per heavy atom. The number of anilines is 1. The van der Waals surface area contributed by atoms with Crippen LogP contribution in [0.4, 0.5) is 5.82 Å². The number of fused-ring (bicyclic) bond motifs is 1. The summed E-state index contributed by atoms with van der Waals surface area (Å²) in [6, 6.07) is 5.08. The van der Waals surface area contributed by atoms with Gasteiger partial charge < -0.3 is 15.0 Å². The number of nitriles is 1. The third-order valence-electron chi connectivity index (χ3n) is 4.51. The van der Waals surface area contributed by atoms with Crippen LogP contribution in [0.1, 0.15) is 31.0 Å². The number of hydrogen-bond acceptors (Lipinski definition) is 6. The molecule has 0 bridgehead atoms. The van der Waals surface area contributed by atoms with Crippen molar-refractivity contribution < 1.29 is 4.74 Å². The SMILES string of the molecule is CCOc1c(C(C)n2ccc(=O)c3c(N)ncnc32)cc(Cl)c(C#N)c1PC. The summed E-state index contributed by atoms with van der Waals surface area (Å²) in [5.74, 6) is 0.779. The fourth-order valence-electron chi connectivity index (χ4n) is 3.20. The lowest BCUT2D eigenvalue weighted by atomic mass is 10.0. The van der Waals surface area contributed by atoms with Crippen LogP contribution in [0.3, 0.4) is 0 Å². The van der Waals surface area contributed by atoms with Crippen LogP contribution in [0, 0.1) is 11.3 Å². The molecule has 1 aromatic carbocycles. The molecule has 3 aromatic rings. The molecule has 2 heterocycles. The molecule has 0 fully saturated rings. The maximum atomic E-state index is 12.3. The number of rotatable bonds is 5. The summed E-state index contributed by atoms with van der Waals surface area (Å²) in [7, 11) is 0.328. The lowest BCUT2D eigenvalue weighted by Gasteiger charge is -2.24. The van der Waals surface area contributed by atoms with E-state index in [0.717, 1.165) is 10.9 Å². The van der Waals surface area contributed by atoms with Crippen LogP contribution in [-0.2, 0) is 0 Å². The van der Waals surface area contributed by atoms with E-state index < -0.39 is 0 Å². The minimum Gasteiger partial charge on any atom is -0.493 e. The number of nitrogens with zero attached hydrogens (tertiary/aromatic N) is 4. The minimum atomic E-state index is -0.278. The van der Waals surface area contributed by atoms with E-state index in [1.54, 1.807) is 12.3 Å². The summed E-state index contributed by atoms with van der Waals surface area (Å²) >= 11 is 6.41. The first-order valence-corrected chi connectivity index (χ1v) is 10.5. The van der Waals surface area contributed by atoms with Gasteiger partial charge in [-0.1, -0.05) is 20.2 Å². The Labute approximate surface area is 168 Å². The normalized spacial score (nSPS) is 12.4. The second-order valence-corrected chi connectivity index (χ2v) is 7.45. The van der Waals surface area contributed by atoms with E-state index in [1.807, 2.05) is 25.1 Å². The average molecular weight is 416 g/mol. The van der Waals surface area contributed by atoms with Gasteiger partial charge in [-0.25, -0.2) is 9.97 Å². The van der Waals surface area contributed by atoms with Crippen molar-refractivity contribution in [3.05, 3.63) is 51.0 Å². The summed E-state index contributed by atoms with van der Waals surface area (Å²) in [4.78, 5) is 20.5. The van der Waals surface area contributed by atoms with Gasteiger partial charge in [0.2, 0.25) is 0 Å². The summed E-state index contributed by atoms with van der Waals surface area (Å²) in [5.41, 5.74) is 7.32. The van der Waals surface area contributed by atoms with Gasteiger partial charge in [0.15, 0.2) is 5.43 Å². The molecule has 0 saturated heterocycles. The maximum absolute atomic E-state index is 12.3. The molecular formula is C19H19ClN5O2P. The lowest BCUT2D eigenvalue weighted by Crippen LogP contribution is -2.19. The van der Waals surface area contributed by atoms with Gasteiger partial charge in [0.25, 0.3) is 0 Å². The molecule has 7 nitrogen and oxygen atoms in total. The Kier molecular flexibility index (Phi) is 5.83. The molecule has 9 heteroatoms. The van der Waals surface area contributed by atoms with E-state index in [9.17, 15) is 10.1 Å². The highest BCUT2D eigenvalue weighted by molar-refractivity contribution is 7.46. The van der Waals surface area contributed by atoms with Crippen molar-refractivity contribution in [1.29, 1.82) is 5.26 Å². The molecule has 3 rings (SSSR count). The Bertz CT molecular complexity index is 1160. The Morgan fingerprint density at radius 2 is 2.21 bits per heavy atom. The van der Waals surface area contributed by atoms with E-state index in [1.165, 1.54) is 12.4 Å². The predicted octanol–water partition coefficient (Wildman–Crippen LogP) is 2.84. The number of benzene rings is 1. The standard InChI is InChI=1S/C19H19ClN5O2P/c1-4-27-16-11(7-13(20)12(8-21)17(16)28-3)10(2)25-6-5-14(26)15-18(22)23-9-24-19(15)25/h5-7,9-10,28H,4H2,1-3H3,(H2,22,23,24). The van der Waals surface area contributed by atoms with Crippen LogP contribution in [0.15, 0.2) is 29.5 Å². The average Bonchev–Trinajstić information content (AvgIpc) is 2.68. The van der Waals surface area contributed by atoms with Crippen LogP contribution < -0.4 is 21.2 Å². The Morgan fingerprint density at radius 1 is 1.46 bits per heavy atom. The second-order valence-electron chi connectivity index (χ2n) is 6.04. The zero-order valence-electron chi connectivity index (χ0n) is 15.7. The molecule has 144 valence electrons. The van der Waals surface area contributed by atoms with Crippen molar-refractivity contribution in [1.82, 2.24) is 14.5 Å². The topological polar surface area (TPSA) is 107 Å². The van der Waals surface area contributed by atoms with Gasteiger partial charge in [-0.15, -0.1) is 0 Å². The van der Waals surface area contributed by atoms with Crippen LogP contribution >= 0.6 is 20.2 Å². The smallest absolute Gasteiger partial charge is 0.194 e. The molecular weight excluding hydrogens is 397 g/mol. The largest absolute Gasteiger partial charge is 0.493 e. The highest BCUT2D eigenvalue weighted by atomic mass is 35.5. The molecule has 0 radical (unpaired) electrons. The number of aromatic nitrogens is 3. The summed E-state index contributed by atoms with van der Waals surface area (Å²) in [5, 5.41) is 10.9. The Hall–Kier alpha value is -2.68. The number of nitrogen functional groups attached to an aromatic ring is 1. The van der Waals surface area contributed by atoms with E-state index >= 15 is 0 Å². The van der Waals surface area contributed by atoms with E-state index in [0.29, 0.717) is 37.2 Å². The highest BCUT2D eigenvalue weighted by Crippen LogP contribution is 2.35. The predicted molar refractivity (Wildman–Crippen MR) is 113 cm³/mol. The van der Waals surface area contributed by atoms with Crippen LogP contribution in [0.25, 0.3) is 11.0 Å². The van der Waals surface area contributed by atoms with Crippen molar-refractivity contribution >= 4 is 42.3 Å². The van der Waals surface area contributed by atoms with Crippen molar-refractivity contribution in [2.75, 3.05) is 19.0 Å². The highest BCUT2D eigenvalue weighted by Gasteiger charge is 2.23. The quantitative estimate of drug-likeness (QED) is 0.642. The van der Waals surface area contributed by atoms with Crippen molar-refractivity contribution in [2.45, 2.75) is 19.9 Å². The zero-order chi connectivity index (χ0) is 20.4. The molecule has 0 saturated carbocycles. The maximum Gasteiger partial charge on any atom is 0.194 e. The number of nitrogens with two attached hydrogens (primary N) is 1. The number of pyridine rings is 1. The van der Waals surface area contributed by atoms with E-state index in [4.69, 9.17) is 22.1 Å². The van der Waals surface area contributed by atoms with Crippen LogP contribution in [-0.4, -0.2) is 27.8 Å². The third kappa shape index (κ3) is 3.30. The van der Waals surface area contributed by atoms with E-state index in [2.05, 4.69) is 16.0 Å². The second kappa shape index (κ2) is 8.14. The molecule has 0 amide bonds. The van der Waals surface area contributed by atoms with E-state index in [-0.39, 0.29) is 22.7 Å². The summed E-state index contributed by atoms with van der Waals surface area (Å²) < 4.78 is 7.75. The zero-order valence-corrected chi connectivity index (χ0v) is 17.4. The van der Waals surface area contributed by atoms with Gasteiger partial charge in [0.05, 0.1) is 23.2 Å². The fourth-order valence-corrected chi connectivity index (χ4v) is 4.41. The summed E-state index contributed by atoms with van der Waals surface area (Å²) in [6.07, 6.45) is 2.99. The molecule has 2 unspecified atom stereocenters. The molecule has 0 aliphatic rings. The first kappa shape index (κ1) is 20.1. The van der Waals surface area contributed by atoms with Gasteiger partial charge in [-0.05, 0) is 26.6 Å². The molecule has 0 aliphatic carbocycles. The van der Waals surface area contributed by atoms with Crippen molar-refractivity contribution in [3.8, 4) is 11.8 Å². The number of hydrogen-bond donors (Lipinski definition) is 1. The summed E-state index contributed by atoms with van der Waals surface area (Å²) in [6.45, 7) is 6.27. The van der Waals surface area contributed by atoms with Crippen molar-refractivity contribution in [2.24, 2.45) is 0 Å². The van der Waals surface area contributed by atoms with Gasteiger partial charge >= 0.3 is 0 Å².